The van der Waals surface area contributed by atoms with Gasteiger partial charge in [0, 0.05) is 12.7 Å². The van der Waals surface area contributed by atoms with Crippen molar-refractivity contribution in [1.29, 1.82) is 0 Å². The van der Waals surface area contributed by atoms with Crippen molar-refractivity contribution in [1.82, 2.24) is 34.7 Å². The van der Waals surface area contributed by atoms with E-state index in [1.165, 1.54) is 23.3 Å². The van der Waals surface area contributed by atoms with E-state index in [1.807, 2.05) is 20.8 Å². The van der Waals surface area contributed by atoms with Crippen LogP contribution in [0.15, 0.2) is 18.6 Å². The molecule has 0 radical (unpaired) electrons. The predicted octanol–water partition coefficient (Wildman–Crippen LogP) is 0.968. The van der Waals surface area contributed by atoms with Crippen molar-refractivity contribution < 1.29 is 4.79 Å². The van der Waals surface area contributed by atoms with Gasteiger partial charge in [0.1, 0.15) is 0 Å². The van der Waals surface area contributed by atoms with E-state index in [2.05, 4.69) is 30.7 Å². The van der Waals surface area contributed by atoms with Gasteiger partial charge in [-0.05, 0) is 26.3 Å². The van der Waals surface area contributed by atoms with Crippen LogP contribution in [0.25, 0.3) is 5.95 Å². The Bertz CT molecular complexity index is 862. The molecule has 0 saturated heterocycles. The SMILES string of the molecule is Cc1nn(-c2ncc(NC(=O)c3cn(C)nn3)cn2)c(C)c1C. The number of rotatable bonds is 3. The molecule has 3 heterocycles. The summed E-state index contributed by atoms with van der Waals surface area (Å²) in [6, 6.07) is 0. The highest BCUT2D eigenvalue weighted by atomic mass is 16.2. The molecule has 0 bridgehead atoms. The van der Waals surface area contributed by atoms with Gasteiger partial charge in [-0.2, -0.15) is 5.10 Å². The first-order valence-electron chi connectivity index (χ1n) is 6.98. The Balaban J connectivity index is 1.79. The van der Waals surface area contributed by atoms with Crippen molar-refractivity contribution in [3.05, 3.63) is 41.2 Å². The fourth-order valence-electron chi connectivity index (χ4n) is 2.06. The molecule has 118 valence electrons. The number of amides is 1. The number of nitrogens with one attached hydrogen (secondary N) is 1. The molecule has 0 atom stereocenters. The minimum atomic E-state index is -0.364. The quantitative estimate of drug-likeness (QED) is 0.773. The van der Waals surface area contributed by atoms with Crippen LogP contribution in [0.5, 0.6) is 0 Å². The molecule has 0 aliphatic carbocycles. The smallest absolute Gasteiger partial charge is 0.277 e. The van der Waals surface area contributed by atoms with Crippen LogP contribution in [-0.2, 0) is 7.05 Å². The summed E-state index contributed by atoms with van der Waals surface area (Å²) in [7, 11) is 1.69. The minimum absolute atomic E-state index is 0.228. The summed E-state index contributed by atoms with van der Waals surface area (Å²) in [5.41, 5.74) is 3.73. The number of hydrogen-bond acceptors (Lipinski definition) is 6. The molecule has 0 aliphatic heterocycles. The number of carbonyl (C=O) groups is 1. The number of carbonyl (C=O) groups excluding carboxylic acids is 1. The third kappa shape index (κ3) is 2.80. The van der Waals surface area contributed by atoms with E-state index in [1.54, 1.807) is 11.7 Å². The molecule has 9 nitrogen and oxygen atoms in total. The Morgan fingerprint density at radius 2 is 1.87 bits per heavy atom. The lowest BCUT2D eigenvalue weighted by Gasteiger charge is -2.05. The van der Waals surface area contributed by atoms with E-state index in [4.69, 9.17) is 0 Å². The Labute approximate surface area is 132 Å². The average molecular weight is 312 g/mol. The van der Waals surface area contributed by atoms with E-state index < -0.39 is 0 Å². The molecule has 23 heavy (non-hydrogen) atoms. The highest BCUT2D eigenvalue weighted by Gasteiger charge is 2.13. The maximum Gasteiger partial charge on any atom is 0.277 e. The largest absolute Gasteiger partial charge is 0.318 e. The van der Waals surface area contributed by atoms with E-state index in [-0.39, 0.29) is 11.6 Å². The van der Waals surface area contributed by atoms with Crippen LogP contribution >= 0.6 is 0 Å². The molecule has 1 N–H and O–H groups in total. The molecular formula is C14H16N8O. The third-order valence-electron chi connectivity index (χ3n) is 3.57. The number of anilines is 1. The maximum absolute atomic E-state index is 12.0. The molecule has 9 heteroatoms. The normalized spacial score (nSPS) is 10.8. The van der Waals surface area contributed by atoms with Crippen LogP contribution in [-0.4, -0.2) is 40.6 Å². The standard InChI is InChI=1S/C14H16N8O/c1-8-9(2)19-22(10(8)3)14-15-5-11(6-16-14)17-13(23)12-7-21(4)20-18-12/h5-7H,1-4H3,(H,17,23). The van der Waals surface area contributed by atoms with E-state index in [0.717, 1.165) is 17.0 Å². The van der Waals surface area contributed by atoms with Gasteiger partial charge in [-0.25, -0.2) is 14.6 Å². The molecule has 0 aliphatic rings. The third-order valence-corrected chi connectivity index (χ3v) is 3.57. The van der Waals surface area contributed by atoms with Gasteiger partial charge in [0.2, 0.25) is 0 Å². The Hall–Kier alpha value is -3.10. The summed E-state index contributed by atoms with van der Waals surface area (Å²) in [5, 5.41) is 14.5. The monoisotopic (exact) mass is 312 g/mol. The van der Waals surface area contributed by atoms with Gasteiger partial charge < -0.3 is 5.32 Å². The van der Waals surface area contributed by atoms with Crippen LogP contribution in [0.4, 0.5) is 5.69 Å². The summed E-state index contributed by atoms with van der Waals surface area (Å²) in [4.78, 5) is 20.5. The summed E-state index contributed by atoms with van der Waals surface area (Å²) < 4.78 is 3.14. The maximum atomic E-state index is 12.0. The zero-order valence-corrected chi connectivity index (χ0v) is 13.3. The van der Waals surface area contributed by atoms with Crippen molar-refractivity contribution in [2.45, 2.75) is 20.8 Å². The molecule has 0 unspecified atom stereocenters. The van der Waals surface area contributed by atoms with Gasteiger partial charge in [0.15, 0.2) is 5.69 Å². The minimum Gasteiger partial charge on any atom is -0.318 e. The molecule has 0 spiro atoms. The molecule has 1 amide bonds. The lowest BCUT2D eigenvalue weighted by molar-refractivity contribution is 0.102. The second kappa shape index (κ2) is 5.59. The van der Waals surface area contributed by atoms with Gasteiger partial charge in [0.25, 0.3) is 11.9 Å². The first-order chi connectivity index (χ1) is 11.0. The Morgan fingerprint density at radius 1 is 1.17 bits per heavy atom. The first kappa shape index (κ1) is 14.8. The van der Waals surface area contributed by atoms with Gasteiger partial charge in [-0.3, -0.25) is 9.48 Å². The molecule has 0 saturated carbocycles. The highest BCUT2D eigenvalue weighted by Crippen LogP contribution is 2.15. The van der Waals surface area contributed by atoms with Gasteiger partial charge in [-0.15, -0.1) is 5.10 Å². The fraction of sp³-hybridized carbons (Fsp3) is 0.286. The second-order valence-electron chi connectivity index (χ2n) is 5.21. The molecular weight excluding hydrogens is 296 g/mol. The zero-order valence-electron chi connectivity index (χ0n) is 13.3. The van der Waals surface area contributed by atoms with E-state index in [0.29, 0.717) is 11.6 Å². The average Bonchev–Trinajstić information content (AvgIpc) is 3.08. The molecule has 3 aromatic rings. The summed E-state index contributed by atoms with van der Waals surface area (Å²) in [5.74, 6) is 0.0904. The first-order valence-corrected chi connectivity index (χ1v) is 6.98. The van der Waals surface area contributed by atoms with Crippen molar-refractivity contribution >= 4 is 11.6 Å². The Kier molecular flexibility index (Phi) is 3.61. The van der Waals surface area contributed by atoms with Crippen molar-refractivity contribution in [2.75, 3.05) is 5.32 Å². The summed E-state index contributed by atoms with van der Waals surface area (Å²) in [6.45, 7) is 5.90. The number of nitrogens with zero attached hydrogens (tertiary/aromatic N) is 7. The van der Waals surface area contributed by atoms with Crippen molar-refractivity contribution in [3.8, 4) is 5.95 Å². The fourth-order valence-corrected chi connectivity index (χ4v) is 2.06. The van der Waals surface area contributed by atoms with E-state index >= 15 is 0 Å². The van der Waals surface area contributed by atoms with Crippen LogP contribution in [0, 0.1) is 20.8 Å². The lowest BCUT2D eigenvalue weighted by atomic mass is 10.2. The number of aromatic nitrogens is 7. The zero-order chi connectivity index (χ0) is 16.6. The summed E-state index contributed by atoms with van der Waals surface area (Å²) in [6.07, 6.45) is 4.59. The van der Waals surface area contributed by atoms with Crippen molar-refractivity contribution in [2.24, 2.45) is 7.05 Å². The van der Waals surface area contributed by atoms with Crippen LogP contribution in [0.3, 0.4) is 0 Å². The van der Waals surface area contributed by atoms with Crippen molar-refractivity contribution in [3.63, 3.8) is 0 Å². The predicted molar refractivity (Wildman–Crippen MR) is 82.3 cm³/mol. The number of hydrogen-bond donors (Lipinski definition) is 1. The molecule has 0 aromatic carbocycles. The highest BCUT2D eigenvalue weighted by molar-refractivity contribution is 6.02. The molecule has 0 fully saturated rings. The van der Waals surface area contributed by atoms with E-state index in [9.17, 15) is 4.79 Å². The second-order valence-corrected chi connectivity index (χ2v) is 5.21. The molecule has 3 rings (SSSR count). The number of aryl methyl sites for hydroxylation is 2. The molecule has 3 aromatic heterocycles. The van der Waals surface area contributed by atoms with Crippen LogP contribution in [0.2, 0.25) is 0 Å². The van der Waals surface area contributed by atoms with Crippen LogP contribution in [0.1, 0.15) is 27.4 Å². The van der Waals surface area contributed by atoms with Gasteiger partial charge in [0.05, 0.1) is 30.0 Å². The lowest BCUT2D eigenvalue weighted by Crippen LogP contribution is -2.13. The Morgan fingerprint density at radius 3 is 2.39 bits per heavy atom. The summed E-state index contributed by atoms with van der Waals surface area (Å²) >= 11 is 0. The topological polar surface area (TPSA) is 103 Å². The van der Waals surface area contributed by atoms with Gasteiger partial charge in [-0.1, -0.05) is 5.21 Å². The van der Waals surface area contributed by atoms with Gasteiger partial charge >= 0.3 is 0 Å². The van der Waals surface area contributed by atoms with Crippen LogP contribution < -0.4 is 5.32 Å².